The number of aromatic hydroxyl groups is 4. The van der Waals surface area contributed by atoms with Crippen molar-refractivity contribution in [3.8, 4) is 45.8 Å². The molecule has 0 saturated carbocycles. The fraction of sp³-hybridized carbons (Fsp3) is 0.415. The zero-order valence-electron chi connectivity index (χ0n) is 32.6. The molecule has 4 aromatic rings. The molecule has 0 radical (unpaired) electrons. The summed E-state index contributed by atoms with van der Waals surface area (Å²) < 4.78 is 46.4. The maximum atomic E-state index is 12.7. The highest BCUT2D eigenvalue weighted by Crippen LogP contribution is 2.43. The lowest BCUT2D eigenvalue weighted by Gasteiger charge is -2.44. The lowest BCUT2D eigenvalue weighted by Crippen LogP contribution is -2.64. The largest absolute Gasteiger partial charge is 0.508 e. The molecular weight excluding hydrogens is 844 g/mol. The molecule has 22 heteroatoms. The normalized spacial score (nSPS) is 32.4. The van der Waals surface area contributed by atoms with E-state index in [1.807, 2.05) is 0 Å². The highest BCUT2D eigenvalue weighted by Gasteiger charge is 2.51. The number of rotatable bonds is 12. The minimum atomic E-state index is -2.00. The molecule has 13 N–H and O–H groups in total. The second-order valence-electron chi connectivity index (χ2n) is 14.9. The van der Waals surface area contributed by atoms with E-state index in [9.17, 15) is 71.2 Å². The van der Waals surface area contributed by atoms with Crippen LogP contribution in [0, 0.1) is 0 Å². The van der Waals surface area contributed by atoms with Crippen molar-refractivity contribution in [2.45, 2.75) is 86.0 Å². The fourth-order valence-electron chi connectivity index (χ4n) is 6.94. The van der Waals surface area contributed by atoms with Crippen molar-refractivity contribution in [1.82, 2.24) is 0 Å². The van der Waals surface area contributed by atoms with Crippen LogP contribution in [0.2, 0.25) is 0 Å². The number of carbonyl (C=O) groups excluding carboxylic acids is 1. The van der Waals surface area contributed by atoms with Gasteiger partial charge in [0.25, 0.3) is 0 Å². The molecule has 340 valence electrons. The number of hydrogen-bond acceptors (Lipinski definition) is 21. The van der Waals surface area contributed by atoms with Gasteiger partial charge in [-0.15, -0.1) is 0 Å². The Morgan fingerprint density at radius 3 is 2.08 bits per heavy atom. The molecule has 3 aliphatic heterocycles. The Balaban J connectivity index is 1.26. The highest BCUT2D eigenvalue weighted by molar-refractivity contribution is 5.89. The van der Waals surface area contributed by atoms with Crippen LogP contribution < -0.4 is 9.47 Å². The van der Waals surface area contributed by atoms with E-state index >= 15 is 0 Å². The summed E-state index contributed by atoms with van der Waals surface area (Å²) in [4.78, 5) is 12.7. The minimum Gasteiger partial charge on any atom is -0.508 e. The Kier molecular flexibility index (Phi) is 13.8. The van der Waals surface area contributed by atoms with Crippen LogP contribution >= 0.6 is 0 Å². The van der Waals surface area contributed by atoms with E-state index in [2.05, 4.69) is 0 Å². The summed E-state index contributed by atoms with van der Waals surface area (Å²) in [6, 6.07) is 12.7. The Hall–Kier alpha value is -5.44. The fourth-order valence-corrected chi connectivity index (χ4v) is 6.94. The standard InChI is InChI=1S/C41H44O22/c42-13-27-31(50)33(52)36(55)40(61-27)59-25-11-19(44)10-24-20(25)12-26(37(58-24)17-4-7-21(45)22(46)9-17)60-41-38(63-39-35(54)30(49)23(47)14-57-39)34(53)32(51)28(62-41)15-56-29(48)8-3-16-1-5-18(43)6-2-16/h1-12,23,27-28,30-36,38-42,47,49-55H,13-15H2,(H3-,43,44,45,46,48)/p+1/t23?,27-,28+,30?,31-,32+,33+,34-,35?,36-,38+,39?,40-,41+/m1/s1. The zero-order valence-corrected chi connectivity index (χ0v) is 32.6. The van der Waals surface area contributed by atoms with Gasteiger partial charge in [-0.05, 0) is 35.9 Å². The zero-order chi connectivity index (χ0) is 45.3. The lowest BCUT2D eigenvalue weighted by molar-refractivity contribution is -0.345. The van der Waals surface area contributed by atoms with Gasteiger partial charge < -0.3 is 99.5 Å². The first-order valence-electron chi connectivity index (χ1n) is 19.3. The average molecular weight is 890 g/mol. The number of phenolic OH excluding ortho intramolecular Hbond substituents is 4. The van der Waals surface area contributed by atoms with Crippen LogP contribution in [0.4, 0.5) is 0 Å². The molecule has 22 nitrogen and oxygen atoms in total. The molecule has 7 rings (SSSR count). The summed E-state index contributed by atoms with van der Waals surface area (Å²) in [5.74, 6) is -3.43. The smallest absolute Gasteiger partial charge is 0.402 e. The van der Waals surface area contributed by atoms with Crippen molar-refractivity contribution in [1.29, 1.82) is 0 Å². The van der Waals surface area contributed by atoms with Crippen LogP contribution in [0.25, 0.3) is 28.4 Å². The molecule has 0 bridgehead atoms. The van der Waals surface area contributed by atoms with Crippen LogP contribution in [0.3, 0.4) is 0 Å². The first-order chi connectivity index (χ1) is 30.0. The molecule has 3 aromatic carbocycles. The van der Waals surface area contributed by atoms with Crippen LogP contribution in [0.5, 0.6) is 34.5 Å². The van der Waals surface area contributed by atoms with E-state index in [0.717, 1.165) is 30.3 Å². The molecule has 4 heterocycles. The minimum absolute atomic E-state index is 0.000881. The summed E-state index contributed by atoms with van der Waals surface area (Å²) in [5.41, 5.74) is 0.390. The van der Waals surface area contributed by atoms with Crippen molar-refractivity contribution < 1.29 is 109 Å². The number of fused-ring (bicyclic) bond motifs is 1. The molecule has 4 unspecified atom stereocenters. The van der Waals surface area contributed by atoms with Gasteiger partial charge in [-0.25, -0.2) is 9.21 Å². The molecule has 3 saturated heterocycles. The third-order valence-electron chi connectivity index (χ3n) is 10.5. The van der Waals surface area contributed by atoms with Gasteiger partial charge in [0.05, 0.1) is 24.8 Å². The summed E-state index contributed by atoms with van der Waals surface area (Å²) in [5, 5.41) is 136. The molecule has 14 atom stereocenters. The van der Waals surface area contributed by atoms with E-state index in [0.29, 0.717) is 5.56 Å². The highest BCUT2D eigenvalue weighted by atomic mass is 16.8. The average Bonchev–Trinajstić information content (AvgIpc) is 3.26. The maximum Gasteiger partial charge on any atom is 0.402 e. The number of hydrogen-bond donors (Lipinski definition) is 13. The van der Waals surface area contributed by atoms with E-state index in [4.69, 9.17) is 37.6 Å². The van der Waals surface area contributed by atoms with Crippen molar-refractivity contribution in [2.24, 2.45) is 0 Å². The van der Waals surface area contributed by atoms with Crippen LogP contribution in [0.15, 0.2) is 71.2 Å². The summed E-state index contributed by atoms with van der Waals surface area (Å²) in [7, 11) is 0. The van der Waals surface area contributed by atoms with Gasteiger partial charge in [-0.2, -0.15) is 0 Å². The number of carbonyl (C=O) groups is 1. The molecule has 0 aliphatic carbocycles. The Bertz CT molecular complexity index is 2250. The molecular formula is C41H45O22+. The monoisotopic (exact) mass is 889 g/mol. The first-order valence-corrected chi connectivity index (χ1v) is 19.3. The van der Waals surface area contributed by atoms with E-state index in [1.165, 1.54) is 42.5 Å². The molecule has 0 amide bonds. The summed E-state index contributed by atoms with van der Waals surface area (Å²) in [6.45, 7) is -2.01. The predicted molar refractivity (Wildman–Crippen MR) is 207 cm³/mol. The van der Waals surface area contributed by atoms with Crippen LogP contribution in [-0.2, 0) is 28.5 Å². The van der Waals surface area contributed by atoms with E-state index in [-0.39, 0.29) is 39.5 Å². The van der Waals surface area contributed by atoms with Gasteiger partial charge in [-0.3, -0.25) is 0 Å². The van der Waals surface area contributed by atoms with Crippen molar-refractivity contribution in [3.63, 3.8) is 0 Å². The molecule has 3 fully saturated rings. The maximum absolute atomic E-state index is 12.7. The van der Waals surface area contributed by atoms with Crippen molar-refractivity contribution in [2.75, 3.05) is 19.8 Å². The molecule has 0 spiro atoms. The van der Waals surface area contributed by atoms with Gasteiger partial charge in [-0.1, -0.05) is 12.1 Å². The Morgan fingerprint density at radius 1 is 0.683 bits per heavy atom. The number of esters is 1. The number of benzene rings is 3. The number of aliphatic hydroxyl groups excluding tert-OH is 9. The Labute approximate surface area is 355 Å². The van der Waals surface area contributed by atoms with Crippen LogP contribution in [0.1, 0.15) is 5.56 Å². The first kappa shape index (κ1) is 45.6. The second kappa shape index (κ2) is 19.1. The number of ether oxygens (including phenoxy) is 7. The van der Waals surface area contributed by atoms with E-state index in [1.54, 1.807) is 0 Å². The summed E-state index contributed by atoms with van der Waals surface area (Å²) >= 11 is 0. The van der Waals surface area contributed by atoms with Gasteiger partial charge in [0, 0.05) is 24.3 Å². The molecule has 63 heavy (non-hydrogen) atoms. The predicted octanol–water partition coefficient (Wildman–Crippen LogP) is -1.71. The quantitative estimate of drug-likeness (QED) is 0.0326. The third kappa shape index (κ3) is 9.88. The topological polar surface area (TPSA) is 356 Å². The molecule has 1 aromatic heterocycles. The van der Waals surface area contributed by atoms with Crippen molar-refractivity contribution >= 4 is 23.0 Å². The van der Waals surface area contributed by atoms with Gasteiger partial charge in [0.15, 0.2) is 23.9 Å². The SMILES string of the molecule is O=C(/C=C/c1ccc(O)cc1)OC[C@@H]1O[C@H](Oc2cc3c(O[C@@H]4O[C@H](CO)[C@@H](O)[C@H](O)[C@H]4O)cc(O)cc3[o+]c2-c2ccc(O)c(O)c2)[C@@H](OC2OCC(O)C(O)C2O)[C@H](O)[C@H]1O. The second-order valence-corrected chi connectivity index (χ2v) is 14.9. The van der Waals surface area contributed by atoms with Crippen LogP contribution in [-0.4, -0.2) is 178 Å². The molecule has 3 aliphatic rings. The van der Waals surface area contributed by atoms with E-state index < -0.39 is 129 Å². The Morgan fingerprint density at radius 2 is 1.37 bits per heavy atom. The number of phenols is 4. The van der Waals surface area contributed by atoms with Gasteiger partial charge in [0.1, 0.15) is 90.3 Å². The van der Waals surface area contributed by atoms with Gasteiger partial charge >= 0.3 is 17.3 Å². The van der Waals surface area contributed by atoms with Gasteiger partial charge in [0.2, 0.25) is 18.3 Å². The summed E-state index contributed by atoms with van der Waals surface area (Å²) in [6.07, 6.45) is -22.3. The number of aliphatic hydroxyl groups is 9. The third-order valence-corrected chi connectivity index (χ3v) is 10.5. The lowest BCUT2D eigenvalue weighted by atomic mass is 9.98. The van der Waals surface area contributed by atoms with Crippen molar-refractivity contribution in [3.05, 3.63) is 72.3 Å².